The van der Waals surface area contributed by atoms with Crippen LogP contribution in [0.5, 0.6) is 0 Å². The van der Waals surface area contributed by atoms with E-state index in [1.807, 2.05) is 0 Å². The maximum Gasteiger partial charge on any atom is 0.416 e. The summed E-state index contributed by atoms with van der Waals surface area (Å²) in [5.41, 5.74) is -0.0227. The second kappa shape index (κ2) is 7.20. The predicted octanol–water partition coefficient (Wildman–Crippen LogP) is 3.11. The molecule has 0 N–H and O–H groups in total. The number of aromatic nitrogens is 2. The highest BCUT2D eigenvalue weighted by Gasteiger charge is 2.52. The standard InChI is InChI=1S/C20H20F3N3O3/c1-2-29-19(28)15-7-24-26(11-15)8-12-3-4-13(17(5-12)20(21,22)23)9-25-10-14-6-16(14)18(25)27/h3-5,7,11,14,16H,2,6,8-10H2,1H3. The molecule has 1 aliphatic heterocycles. The Kier molecular flexibility index (Phi) is 4.84. The first-order valence-corrected chi connectivity index (χ1v) is 9.43. The van der Waals surface area contributed by atoms with E-state index < -0.39 is 17.7 Å². The minimum Gasteiger partial charge on any atom is -0.462 e. The number of nitrogens with zero attached hydrogens (tertiary/aromatic N) is 3. The first-order valence-electron chi connectivity index (χ1n) is 9.43. The molecule has 1 amide bonds. The highest BCUT2D eigenvalue weighted by molar-refractivity contribution is 5.88. The Hall–Kier alpha value is -2.84. The molecular weight excluding hydrogens is 387 g/mol. The molecule has 0 bridgehead atoms. The van der Waals surface area contributed by atoms with E-state index in [9.17, 15) is 22.8 Å². The highest BCUT2D eigenvalue weighted by Crippen LogP contribution is 2.46. The maximum atomic E-state index is 13.6. The Morgan fingerprint density at radius 3 is 2.76 bits per heavy atom. The fourth-order valence-electron chi connectivity index (χ4n) is 3.79. The lowest BCUT2D eigenvalue weighted by atomic mass is 10.0. The van der Waals surface area contributed by atoms with Gasteiger partial charge in [0.15, 0.2) is 0 Å². The van der Waals surface area contributed by atoms with Crippen LogP contribution in [0.4, 0.5) is 13.2 Å². The molecule has 1 saturated heterocycles. The van der Waals surface area contributed by atoms with Crippen LogP contribution in [0.3, 0.4) is 0 Å². The van der Waals surface area contributed by atoms with E-state index in [1.165, 1.54) is 28.0 Å². The number of hydrogen-bond acceptors (Lipinski definition) is 4. The summed E-state index contributed by atoms with van der Waals surface area (Å²) < 4.78 is 47.2. The number of esters is 1. The van der Waals surface area contributed by atoms with Crippen LogP contribution in [-0.2, 0) is 28.8 Å². The van der Waals surface area contributed by atoms with Crippen molar-refractivity contribution in [2.45, 2.75) is 32.6 Å². The van der Waals surface area contributed by atoms with Crippen LogP contribution in [0.15, 0.2) is 30.6 Å². The Bertz CT molecular complexity index is 954. The first kappa shape index (κ1) is 19.5. The number of fused-ring (bicyclic) bond motifs is 1. The van der Waals surface area contributed by atoms with Crippen LogP contribution in [0.1, 0.15) is 40.4 Å². The number of benzene rings is 1. The van der Waals surface area contributed by atoms with Gasteiger partial charge in [0, 0.05) is 25.2 Å². The number of carbonyl (C=O) groups excluding carboxylic acids is 2. The average Bonchev–Trinajstić information content (AvgIpc) is 3.15. The number of piperidine rings is 1. The molecule has 1 aliphatic carbocycles. The van der Waals surface area contributed by atoms with Crippen molar-refractivity contribution in [1.29, 1.82) is 0 Å². The van der Waals surface area contributed by atoms with E-state index in [0.29, 0.717) is 18.0 Å². The number of hydrogen-bond donors (Lipinski definition) is 0. The molecule has 29 heavy (non-hydrogen) atoms. The summed E-state index contributed by atoms with van der Waals surface area (Å²) in [5, 5.41) is 4.02. The number of ether oxygens (including phenoxy) is 1. The number of rotatable bonds is 6. The lowest BCUT2D eigenvalue weighted by Crippen LogP contribution is -2.29. The van der Waals surface area contributed by atoms with Crippen LogP contribution >= 0.6 is 0 Å². The van der Waals surface area contributed by atoms with E-state index in [1.54, 1.807) is 13.0 Å². The van der Waals surface area contributed by atoms with Crippen LogP contribution in [-0.4, -0.2) is 39.7 Å². The largest absolute Gasteiger partial charge is 0.462 e. The number of carbonyl (C=O) groups is 2. The van der Waals surface area contributed by atoms with Crippen molar-refractivity contribution in [3.63, 3.8) is 0 Å². The summed E-state index contributed by atoms with van der Waals surface area (Å²) in [6.45, 7) is 2.49. The molecule has 2 heterocycles. The molecule has 154 valence electrons. The van der Waals surface area contributed by atoms with Crippen molar-refractivity contribution in [2.24, 2.45) is 11.8 Å². The van der Waals surface area contributed by atoms with Gasteiger partial charge in [0.2, 0.25) is 5.91 Å². The summed E-state index contributed by atoms with van der Waals surface area (Å²) in [4.78, 5) is 25.3. The second-order valence-corrected chi connectivity index (χ2v) is 7.46. The SMILES string of the molecule is CCOC(=O)c1cnn(Cc2ccc(CN3CC4CC4C3=O)c(C(F)(F)F)c2)c1. The highest BCUT2D eigenvalue weighted by atomic mass is 19.4. The van der Waals surface area contributed by atoms with Gasteiger partial charge in [-0.05, 0) is 36.5 Å². The van der Waals surface area contributed by atoms with Crippen molar-refractivity contribution in [3.05, 3.63) is 52.8 Å². The molecule has 1 aromatic carbocycles. The molecule has 2 unspecified atom stereocenters. The maximum absolute atomic E-state index is 13.6. The lowest BCUT2D eigenvalue weighted by Gasteiger charge is -2.21. The van der Waals surface area contributed by atoms with E-state index in [4.69, 9.17) is 4.74 Å². The Labute approximate surface area is 165 Å². The zero-order chi connectivity index (χ0) is 20.8. The smallest absolute Gasteiger partial charge is 0.416 e. The molecule has 0 radical (unpaired) electrons. The minimum atomic E-state index is -4.53. The number of halogens is 3. The quantitative estimate of drug-likeness (QED) is 0.691. The van der Waals surface area contributed by atoms with Gasteiger partial charge < -0.3 is 9.64 Å². The van der Waals surface area contributed by atoms with Gasteiger partial charge >= 0.3 is 12.1 Å². The van der Waals surface area contributed by atoms with E-state index >= 15 is 0 Å². The molecule has 2 fully saturated rings. The predicted molar refractivity (Wildman–Crippen MR) is 95.7 cm³/mol. The molecule has 2 atom stereocenters. The fraction of sp³-hybridized carbons (Fsp3) is 0.450. The van der Waals surface area contributed by atoms with Crippen molar-refractivity contribution in [1.82, 2.24) is 14.7 Å². The molecular formula is C20H20F3N3O3. The third-order valence-electron chi connectivity index (χ3n) is 5.34. The van der Waals surface area contributed by atoms with Gasteiger partial charge in [-0.25, -0.2) is 4.79 Å². The van der Waals surface area contributed by atoms with Crippen LogP contribution in [0.25, 0.3) is 0 Å². The topological polar surface area (TPSA) is 64.4 Å². The Balaban J connectivity index is 1.53. The monoisotopic (exact) mass is 407 g/mol. The van der Waals surface area contributed by atoms with Gasteiger partial charge in [-0.2, -0.15) is 18.3 Å². The zero-order valence-corrected chi connectivity index (χ0v) is 15.8. The Morgan fingerprint density at radius 1 is 1.31 bits per heavy atom. The van der Waals surface area contributed by atoms with Crippen LogP contribution in [0, 0.1) is 11.8 Å². The Morgan fingerprint density at radius 2 is 2.10 bits per heavy atom. The zero-order valence-electron chi connectivity index (χ0n) is 15.8. The molecule has 0 spiro atoms. The fourth-order valence-corrected chi connectivity index (χ4v) is 3.79. The van der Waals surface area contributed by atoms with Gasteiger partial charge in [0.05, 0.1) is 30.5 Å². The molecule has 1 saturated carbocycles. The third-order valence-corrected chi connectivity index (χ3v) is 5.34. The van der Waals surface area contributed by atoms with Crippen LogP contribution < -0.4 is 0 Å². The molecule has 2 aliphatic rings. The average molecular weight is 407 g/mol. The molecule has 9 heteroatoms. The number of alkyl halides is 3. The van der Waals surface area contributed by atoms with Crippen molar-refractivity contribution < 1.29 is 27.5 Å². The van der Waals surface area contributed by atoms with Crippen molar-refractivity contribution in [3.8, 4) is 0 Å². The van der Waals surface area contributed by atoms with E-state index in [0.717, 1.165) is 12.5 Å². The summed E-state index contributed by atoms with van der Waals surface area (Å²) in [6.07, 6.45) is -0.912. The van der Waals surface area contributed by atoms with E-state index in [-0.39, 0.29) is 42.6 Å². The van der Waals surface area contributed by atoms with E-state index in [2.05, 4.69) is 5.10 Å². The second-order valence-electron chi connectivity index (χ2n) is 7.46. The lowest BCUT2D eigenvalue weighted by molar-refractivity contribution is -0.139. The van der Waals surface area contributed by atoms with Crippen LogP contribution in [0.2, 0.25) is 0 Å². The number of likely N-dealkylation sites (tertiary alicyclic amines) is 1. The number of amides is 1. The van der Waals surface area contributed by atoms with Gasteiger partial charge in [-0.15, -0.1) is 0 Å². The molecule has 6 nitrogen and oxygen atoms in total. The summed E-state index contributed by atoms with van der Waals surface area (Å²) in [7, 11) is 0. The van der Waals surface area contributed by atoms with Gasteiger partial charge in [0.1, 0.15) is 0 Å². The molecule has 4 rings (SSSR count). The van der Waals surface area contributed by atoms with Gasteiger partial charge in [-0.1, -0.05) is 12.1 Å². The summed E-state index contributed by atoms with van der Waals surface area (Å²) in [5.74, 6) is -0.254. The summed E-state index contributed by atoms with van der Waals surface area (Å²) >= 11 is 0. The summed E-state index contributed by atoms with van der Waals surface area (Å²) in [6, 6.07) is 4.10. The van der Waals surface area contributed by atoms with Crippen molar-refractivity contribution in [2.75, 3.05) is 13.2 Å². The molecule has 2 aromatic rings. The normalized spacial score (nSPS) is 20.7. The van der Waals surface area contributed by atoms with Crippen molar-refractivity contribution >= 4 is 11.9 Å². The molecule has 1 aromatic heterocycles. The van der Waals surface area contributed by atoms with Gasteiger partial charge in [-0.3, -0.25) is 9.48 Å². The van der Waals surface area contributed by atoms with Gasteiger partial charge in [0.25, 0.3) is 0 Å². The first-order chi connectivity index (χ1) is 13.8. The minimum absolute atomic E-state index is 0.0111. The third kappa shape index (κ3) is 3.99.